The van der Waals surface area contributed by atoms with E-state index < -0.39 is 30.7 Å². The highest BCUT2D eigenvalue weighted by molar-refractivity contribution is 6.51. The summed E-state index contributed by atoms with van der Waals surface area (Å²) in [7, 11) is 0. The molecule has 1 aromatic rings. The van der Waals surface area contributed by atoms with E-state index in [4.69, 9.17) is 9.47 Å². The molecule has 4 N–H and O–H groups in total. The van der Waals surface area contributed by atoms with Gasteiger partial charge in [-0.3, -0.25) is 0 Å². The van der Waals surface area contributed by atoms with Crippen molar-refractivity contribution in [2.24, 2.45) is 0 Å². The molecule has 1 aliphatic rings. The van der Waals surface area contributed by atoms with Crippen LogP contribution >= 0.6 is 0 Å². The molecule has 1 aromatic carbocycles. The normalized spacial score (nSPS) is 30.4. The predicted molar refractivity (Wildman–Crippen MR) is 72.7 cm³/mol. The Morgan fingerprint density at radius 2 is 2.00 bits per heavy atom. The van der Waals surface area contributed by atoms with E-state index in [1.807, 2.05) is 0 Å². The Morgan fingerprint density at radius 3 is 2.45 bits per heavy atom. The SMILES string of the molecule is CB(O)C(COc1ccc(O)cc1)C1(O)OC(C)[C@H]1O. The molecule has 110 valence electrons. The Morgan fingerprint density at radius 1 is 1.40 bits per heavy atom. The van der Waals surface area contributed by atoms with E-state index in [9.17, 15) is 20.3 Å². The lowest BCUT2D eigenvalue weighted by Crippen LogP contribution is -2.68. The number of phenols is 1. The molecule has 20 heavy (non-hydrogen) atoms. The van der Waals surface area contributed by atoms with E-state index in [-0.39, 0.29) is 12.4 Å². The molecule has 0 aliphatic carbocycles. The van der Waals surface area contributed by atoms with Crippen LogP contribution in [0.1, 0.15) is 6.92 Å². The second-order valence-corrected chi connectivity index (χ2v) is 5.17. The van der Waals surface area contributed by atoms with Crippen molar-refractivity contribution in [1.82, 2.24) is 0 Å². The number of phenolic OH excluding ortho intramolecular Hbond substituents is 1. The lowest BCUT2D eigenvalue weighted by atomic mass is 9.53. The quantitative estimate of drug-likeness (QED) is 0.577. The van der Waals surface area contributed by atoms with E-state index in [2.05, 4.69) is 0 Å². The molecule has 0 radical (unpaired) electrons. The zero-order valence-electron chi connectivity index (χ0n) is 11.4. The molecule has 0 amide bonds. The lowest BCUT2D eigenvalue weighted by molar-refractivity contribution is -0.382. The summed E-state index contributed by atoms with van der Waals surface area (Å²) in [4.78, 5) is 0. The summed E-state index contributed by atoms with van der Waals surface area (Å²) >= 11 is 0. The number of ether oxygens (including phenoxy) is 2. The number of hydrogen-bond acceptors (Lipinski definition) is 6. The number of aromatic hydroxyl groups is 1. The minimum Gasteiger partial charge on any atom is -0.508 e. The third kappa shape index (κ3) is 2.76. The van der Waals surface area contributed by atoms with Crippen LogP contribution in [0.4, 0.5) is 0 Å². The molecular formula is C13H19BO6. The van der Waals surface area contributed by atoms with Gasteiger partial charge < -0.3 is 29.8 Å². The molecule has 1 saturated heterocycles. The molecule has 0 spiro atoms. The highest BCUT2D eigenvalue weighted by atomic mass is 16.7. The van der Waals surface area contributed by atoms with Crippen LogP contribution in [0, 0.1) is 0 Å². The van der Waals surface area contributed by atoms with E-state index in [0.29, 0.717) is 5.75 Å². The second-order valence-electron chi connectivity index (χ2n) is 5.17. The van der Waals surface area contributed by atoms with Gasteiger partial charge >= 0.3 is 0 Å². The van der Waals surface area contributed by atoms with E-state index in [0.717, 1.165) is 0 Å². The van der Waals surface area contributed by atoms with Crippen molar-refractivity contribution in [3.8, 4) is 11.5 Å². The Kier molecular flexibility index (Phi) is 4.24. The highest BCUT2D eigenvalue weighted by Crippen LogP contribution is 2.41. The first-order valence-corrected chi connectivity index (χ1v) is 6.52. The van der Waals surface area contributed by atoms with E-state index >= 15 is 0 Å². The number of aliphatic hydroxyl groups is 2. The van der Waals surface area contributed by atoms with Gasteiger partial charge in [0.15, 0.2) is 5.79 Å². The third-order valence-electron chi connectivity index (χ3n) is 3.62. The molecule has 2 rings (SSSR count). The Bertz CT molecular complexity index is 451. The van der Waals surface area contributed by atoms with Crippen LogP contribution in [0.5, 0.6) is 11.5 Å². The van der Waals surface area contributed by atoms with Crippen molar-refractivity contribution in [1.29, 1.82) is 0 Å². The second kappa shape index (κ2) is 5.61. The summed E-state index contributed by atoms with van der Waals surface area (Å²) in [5.74, 6) is -1.99. The van der Waals surface area contributed by atoms with Gasteiger partial charge in [-0.1, -0.05) is 6.82 Å². The van der Waals surface area contributed by atoms with Gasteiger partial charge in [0, 0.05) is 0 Å². The van der Waals surface area contributed by atoms with Crippen LogP contribution in [0.2, 0.25) is 12.6 Å². The fourth-order valence-corrected chi connectivity index (χ4v) is 2.34. The number of benzene rings is 1. The van der Waals surface area contributed by atoms with Gasteiger partial charge in [0.05, 0.1) is 18.5 Å². The van der Waals surface area contributed by atoms with Crippen LogP contribution in [0.3, 0.4) is 0 Å². The lowest BCUT2D eigenvalue weighted by Gasteiger charge is -2.51. The zero-order valence-corrected chi connectivity index (χ0v) is 11.4. The molecule has 0 bridgehead atoms. The highest BCUT2D eigenvalue weighted by Gasteiger charge is 2.59. The smallest absolute Gasteiger partial charge is 0.297 e. The van der Waals surface area contributed by atoms with Crippen LogP contribution in [0.25, 0.3) is 0 Å². The van der Waals surface area contributed by atoms with Gasteiger partial charge in [0.2, 0.25) is 0 Å². The Labute approximate surface area is 117 Å². The van der Waals surface area contributed by atoms with Gasteiger partial charge in [0.1, 0.15) is 17.6 Å². The average Bonchev–Trinajstić information content (AvgIpc) is 2.40. The van der Waals surface area contributed by atoms with Gasteiger partial charge in [-0.15, -0.1) is 0 Å². The molecule has 6 nitrogen and oxygen atoms in total. The minimum absolute atomic E-state index is 0.0251. The predicted octanol–water partition coefficient (Wildman–Crippen LogP) is 0.223. The van der Waals surface area contributed by atoms with Crippen molar-refractivity contribution < 1.29 is 29.8 Å². The van der Waals surface area contributed by atoms with Crippen molar-refractivity contribution in [2.45, 2.75) is 37.6 Å². The fourth-order valence-electron chi connectivity index (χ4n) is 2.34. The largest absolute Gasteiger partial charge is 0.508 e. The maximum atomic E-state index is 10.2. The maximum Gasteiger partial charge on any atom is 0.297 e. The van der Waals surface area contributed by atoms with Gasteiger partial charge in [-0.25, -0.2) is 0 Å². The number of aliphatic hydroxyl groups excluding tert-OH is 1. The van der Waals surface area contributed by atoms with E-state index in [1.54, 1.807) is 19.1 Å². The van der Waals surface area contributed by atoms with Crippen molar-refractivity contribution in [3.05, 3.63) is 24.3 Å². The Hall–Kier alpha value is -1.28. The molecule has 4 atom stereocenters. The summed E-state index contributed by atoms with van der Waals surface area (Å²) < 4.78 is 10.7. The maximum absolute atomic E-state index is 10.2. The fraction of sp³-hybridized carbons (Fsp3) is 0.538. The van der Waals surface area contributed by atoms with Crippen LogP contribution < -0.4 is 4.74 Å². The molecule has 1 fully saturated rings. The van der Waals surface area contributed by atoms with Gasteiger partial charge in [-0.2, -0.15) is 0 Å². The number of rotatable bonds is 5. The standard InChI is InChI=1S/C13H19BO6/c1-8-12(16)13(17,20-8)11(14(2)18)7-19-10-5-3-9(15)4-6-10/h3-6,8,11-12,15-18H,7H2,1-2H3/t8?,11?,12-,13?/m1/s1. The van der Waals surface area contributed by atoms with Crippen LogP contribution in [0.15, 0.2) is 24.3 Å². The first kappa shape index (κ1) is 15.1. The van der Waals surface area contributed by atoms with Gasteiger partial charge in [0.25, 0.3) is 6.92 Å². The van der Waals surface area contributed by atoms with Gasteiger partial charge in [-0.05, 0) is 31.2 Å². The molecule has 1 aliphatic heterocycles. The molecule has 0 saturated carbocycles. The Balaban J connectivity index is 2.02. The van der Waals surface area contributed by atoms with Crippen LogP contribution in [-0.4, -0.2) is 51.9 Å². The van der Waals surface area contributed by atoms with Crippen molar-refractivity contribution >= 4 is 6.92 Å². The molecule has 7 heteroatoms. The van der Waals surface area contributed by atoms with Crippen molar-refractivity contribution in [3.63, 3.8) is 0 Å². The summed E-state index contributed by atoms with van der Waals surface area (Å²) in [6.45, 7) is 2.20. The molecule has 1 heterocycles. The summed E-state index contributed by atoms with van der Waals surface area (Å²) in [6, 6.07) is 6.08. The summed E-state index contributed by atoms with van der Waals surface area (Å²) in [5, 5.41) is 39.0. The minimum atomic E-state index is -1.80. The third-order valence-corrected chi connectivity index (χ3v) is 3.62. The topological polar surface area (TPSA) is 99.4 Å². The first-order valence-electron chi connectivity index (χ1n) is 6.52. The zero-order chi connectivity index (χ0) is 14.9. The molecule has 3 unspecified atom stereocenters. The number of hydrogen-bond donors (Lipinski definition) is 4. The molecular weight excluding hydrogens is 263 g/mol. The summed E-state index contributed by atoms with van der Waals surface area (Å²) in [5.41, 5.74) is 0. The molecule has 0 aromatic heterocycles. The van der Waals surface area contributed by atoms with E-state index in [1.165, 1.54) is 19.0 Å². The van der Waals surface area contributed by atoms with Crippen molar-refractivity contribution in [2.75, 3.05) is 6.61 Å². The monoisotopic (exact) mass is 282 g/mol. The summed E-state index contributed by atoms with van der Waals surface area (Å²) in [6.07, 6.45) is -1.54. The first-order chi connectivity index (χ1) is 9.34. The average molecular weight is 282 g/mol. The van der Waals surface area contributed by atoms with Crippen LogP contribution in [-0.2, 0) is 4.74 Å².